The fourth-order valence-electron chi connectivity index (χ4n) is 2.78. The van der Waals surface area contributed by atoms with Crippen molar-refractivity contribution in [3.05, 3.63) is 26.6 Å². The molecule has 1 aliphatic rings. The van der Waals surface area contributed by atoms with Crippen LogP contribution in [0.3, 0.4) is 0 Å². The number of benzene rings is 1. The van der Waals surface area contributed by atoms with Gasteiger partial charge in [0.05, 0.1) is 11.6 Å². The molecule has 1 fully saturated rings. The predicted molar refractivity (Wildman–Crippen MR) is 82.4 cm³/mol. The van der Waals surface area contributed by atoms with Crippen LogP contribution in [0.25, 0.3) is 0 Å². The lowest BCUT2D eigenvalue weighted by Crippen LogP contribution is -2.41. The molecule has 100 valence electrons. The van der Waals surface area contributed by atoms with Crippen molar-refractivity contribution in [2.45, 2.75) is 38.1 Å². The van der Waals surface area contributed by atoms with Crippen molar-refractivity contribution in [3.63, 3.8) is 0 Å². The third-order valence-corrected chi connectivity index (χ3v) is 4.87. The van der Waals surface area contributed by atoms with Crippen LogP contribution in [0.2, 0.25) is 0 Å². The molecule has 1 atom stereocenters. The molecule has 0 bridgehead atoms. The van der Waals surface area contributed by atoms with E-state index in [0.29, 0.717) is 0 Å². The van der Waals surface area contributed by atoms with Crippen LogP contribution >= 0.6 is 31.9 Å². The number of nitrogens with one attached hydrogen (secondary N) is 1. The standard InChI is InChI=1S/C14H19Br2NO/c1-3-14(5-4-6-17-14)9-10-7-11(15)8-12(16)13(10)18-2/h7-8,17H,3-6,9H2,1-2H3. The van der Waals surface area contributed by atoms with Gasteiger partial charge >= 0.3 is 0 Å². The Balaban J connectivity index is 2.32. The molecular weight excluding hydrogens is 358 g/mol. The third-order valence-electron chi connectivity index (χ3n) is 3.83. The van der Waals surface area contributed by atoms with Gasteiger partial charge in [-0.15, -0.1) is 0 Å². The minimum atomic E-state index is 0.244. The van der Waals surface area contributed by atoms with Crippen LogP contribution in [0.1, 0.15) is 31.7 Å². The van der Waals surface area contributed by atoms with Crippen molar-refractivity contribution in [2.75, 3.05) is 13.7 Å². The Morgan fingerprint density at radius 1 is 1.39 bits per heavy atom. The number of ether oxygens (including phenoxy) is 1. The van der Waals surface area contributed by atoms with Gasteiger partial charge in [0.15, 0.2) is 0 Å². The zero-order valence-corrected chi connectivity index (χ0v) is 14.0. The molecule has 1 aliphatic heterocycles. The summed E-state index contributed by atoms with van der Waals surface area (Å²) in [6, 6.07) is 4.20. The summed E-state index contributed by atoms with van der Waals surface area (Å²) in [6.07, 6.45) is 4.69. The van der Waals surface area contributed by atoms with E-state index < -0.39 is 0 Å². The van der Waals surface area contributed by atoms with Crippen LogP contribution in [0, 0.1) is 0 Å². The fourth-order valence-corrected chi connectivity index (χ4v) is 4.26. The van der Waals surface area contributed by atoms with Crippen molar-refractivity contribution in [2.24, 2.45) is 0 Å². The second-order valence-electron chi connectivity index (χ2n) is 4.92. The van der Waals surface area contributed by atoms with Gasteiger partial charge in [-0.1, -0.05) is 22.9 Å². The smallest absolute Gasteiger partial charge is 0.136 e. The summed E-state index contributed by atoms with van der Waals surface area (Å²) < 4.78 is 7.64. The Hall–Kier alpha value is -0.0600. The SMILES string of the molecule is CCC1(Cc2cc(Br)cc(Br)c2OC)CCCN1. The maximum Gasteiger partial charge on any atom is 0.136 e. The normalized spacial score (nSPS) is 23.3. The van der Waals surface area contributed by atoms with Gasteiger partial charge in [-0.25, -0.2) is 0 Å². The summed E-state index contributed by atoms with van der Waals surface area (Å²) in [5.74, 6) is 0.958. The van der Waals surface area contributed by atoms with Crippen molar-refractivity contribution in [1.82, 2.24) is 5.32 Å². The largest absolute Gasteiger partial charge is 0.495 e. The Kier molecular flexibility index (Phi) is 4.73. The fraction of sp³-hybridized carbons (Fsp3) is 0.571. The van der Waals surface area contributed by atoms with Crippen molar-refractivity contribution in [1.29, 1.82) is 0 Å². The van der Waals surface area contributed by atoms with E-state index in [-0.39, 0.29) is 5.54 Å². The van der Waals surface area contributed by atoms with E-state index in [1.165, 1.54) is 18.4 Å². The lowest BCUT2D eigenvalue weighted by atomic mass is 9.86. The molecule has 0 aromatic heterocycles. The molecule has 4 heteroatoms. The first-order valence-corrected chi connectivity index (χ1v) is 7.96. The molecule has 1 unspecified atom stereocenters. The Labute approximate surface area is 126 Å². The van der Waals surface area contributed by atoms with Crippen LogP contribution in [-0.2, 0) is 6.42 Å². The number of hydrogen-bond donors (Lipinski definition) is 1. The zero-order chi connectivity index (χ0) is 13.2. The molecule has 18 heavy (non-hydrogen) atoms. The molecule has 1 aromatic rings. The first-order chi connectivity index (χ1) is 8.60. The Morgan fingerprint density at radius 3 is 2.72 bits per heavy atom. The van der Waals surface area contributed by atoms with Gasteiger partial charge in [0.25, 0.3) is 0 Å². The molecule has 1 heterocycles. The average Bonchev–Trinajstić information content (AvgIpc) is 2.78. The maximum atomic E-state index is 5.54. The third kappa shape index (κ3) is 2.91. The summed E-state index contributed by atoms with van der Waals surface area (Å²) in [4.78, 5) is 0. The monoisotopic (exact) mass is 375 g/mol. The molecule has 2 nitrogen and oxygen atoms in total. The quantitative estimate of drug-likeness (QED) is 0.845. The summed E-state index contributed by atoms with van der Waals surface area (Å²) in [7, 11) is 1.73. The highest BCUT2D eigenvalue weighted by molar-refractivity contribution is 9.11. The van der Waals surface area contributed by atoms with Crippen LogP contribution in [-0.4, -0.2) is 19.2 Å². The number of methoxy groups -OCH3 is 1. The number of hydrogen-bond acceptors (Lipinski definition) is 2. The van der Waals surface area contributed by atoms with Crippen LogP contribution in [0.4, 0.5) is 0 Å². The molecule has 1 N–H and O–H groups in total. The van der Waals surface area contributed by atoms with E-state index in [4.69, 9.17) is 4.74 Å². The molecule has 0 aliphatic carbocycles. The second-order valence-corrected chi connectivity index (χ2v) is 6.69. The van der Waals surface area contributed by atoms with Crippen LogP contribution < -0.4 is 10.1 Å². The topological polar surface area (TPSA) is 21.3 Å². The molecule has 0 radical (unpaired) electrons. The highest BCUT2D eigenvalue weighted by Gasteiger charge is 2.32. The molecule has 0 spiro atoms. The summed E-state index contributed by atoms with van der Waals surface area (Å²) in [5.41, 5.74) is 1.50. The molecular formula is C14H19Br2NO. The van der Waals surface area contributed by atoms with E-state index in [0.717, 1.165) is 34.1 Å². The van der Waals surface area contributed by atoms with Crippen molar-refractivity contribution in [3.8, 4) is 5.75 Å². The van der Waals surface area contributed by atoms with Gasteiger partial charge in [-0.2, -0.15) is 0 Å². The molecule has 0 amide bonds. The van der Waals surface area contributed by atoms with Gasteiger partial charge in [-0.3, -0.25) is 0 Å². The van der Waals surface area contributed by atoms with Gasteiger partial charge in [0.2, 0.25) is 0 Å². The van der Waals surface area contributed by atoms with Crippen LogP contribution in [0.5, 0.6) is 5.75 Å². The minimum absolute atomic E-state index is 0.244. The summed E-state index contributed by atoms with van der Waals surface area (Å²) in [6.45, 7) is 3.39. The second kappa shape index (κ2) is 5.93. The predicted octanol–water partition coefficient (Wildman–Crippen LogP) is 4.29. The van der Waals surface area contributed by atoms with Gasteiger partial charge in [-0.05, 0) is 65.9 Å². The first kappa shape index (κ1) is 14.4. The summed E-state index contributed by atoms with van der Waals surface area (Å²) >= 11 is 7.13. The molecule has 0 saturated carbocycles. The molecule has 2 rings (SSSR count). The number of halogens is 2. The number of rotatable bonds is 4. The van der Waals surface area contributed by atoms with E-state index >= 15 is 0 Å². The zero-order valence-electron chi connectivity index (χ0n) is 10.9. The molecule has 1 saturated heterocycles. The van der Waals surface area contributed by atoms with E-state index in [1.54, 1.807) is 7.11 Å². The van der Waals surface area contributed by atoms with Crippen molar-refractivity contribution < 1.29 is 4.74 Å². The van der Waals surface area contributed by atoms with E-state index in [2.05, 4.69) is 50.2 Å². The lowest BCUT2D eigenvalue weighted by Gasteiger charge is -2.29. The maximum absolute atomic E-state index is 5.54. The Morgan fingerprint density at radius 2 is 2.17 bits per heavy atom. The van der Waals surface area contributed by atoms with Crippen LogP contribution in [0.15, 0.2) is 21.1 Å². The van der Waals surface area contributed by atoms with Crippen molar-refractivity contribution >= 4 is 31.9 Å². The van der Waals surface area contributed by atoms with Gasteiger partial charge in [0.1, 0.15) is 5.75 Å². The first-order valence-electron chi connectivity index (χ1n) is 6.37. The van der Waals surface area contributed by atoms with E-state index in [9.17, 15) is 0 Å². The molecule has 1 aromatic carbocycles. The van der Waals surface area contributed by atoms with Gasteiger partial charge in [0, 0.05) is 10.0 Å². The average molecular weight is 377 g/mol. The highest BCUT2D eigenvalue weighted by atomic mass is 79.9. The van der Waals surface area contributed by atoms with E-state index in [1.807, 2.05) is 6.07 Å². The lowest BCUT2D eigenvalue weighted by molar-refractivity contribution is 0.347. The highest BCUT2D eigenvalue weighted by Crippen LogP contribution is 2.37. The minimum Gasteiger partial charge on any atom is -0.495 e. The van der Waals surface area contributed by atoms with Gasteiger partial charge < -0.3 is 10.1 Å². The Bertz CT molecular complexity index is 428. The summed E-state index contributed by atoms with van der Waals surface area (Å²) in [5, 5.41) is 3.67.